The molecule has 0 unspecified atom stereocenters. The fraction of sp³-hybridized carbons (Fsp3) is 0.250. The monoisotopic (exact) mass is 277 g/mol. The molecule has 2 aromatic rings. The first-order valence-corrected chi connectivity index (χ1v) is 5.97. The van der Waals surface area contributed by atoms with Crippen molar-refractivity contribution in [3.8, 4) is 5.75 Å². The number of carbonyl (C=O) groups excluding carboxylic acids is 1. The lowest BCUT2D eigenvalue weighted by Gasteiger charge is -2.09. The molecule has 2 rings (SSSR count). The van der Waals surface area contributed by atoms with Crippen molar-refractivity contribution >= 4 is 5.91 Å². The molecule has 0 saturated carbocycles. The number of hydrogen-bond acceptors (Lipinski definition) is 6. The summed E-state index contributed by atoms with van der Waals surface area (Å²) in [5.74, 6) is 5.12. The van der Waals surface area contributed by atoms with Gasteiger partial charge in [0, 0.05) is 5.56 Å². The lowest BCUT2D eigenvalue weighted by molar-refractivity contribution is 0.0948. The molecular formula is C12H15N5O3. The summed E-state index contributed by atoms with van der Waals surface area (Å²) in [5.41, 5.74) is 2.84. The van der Waals surface area contributed by atoms with E-state index in [-0.39, 0.29) is 12.3 Å². The van der Waals surface area contributed by atoms with Gasteiger partial charge in [-0.1, -0.05) is 23.4 Å². The van der Waals surface area contributed by atoms with E-state index in [1.165, 1.54) is 10.9 Å². The maximum atomic E-state index is 11.2. The zero-order valence-electron chi connectivity index (χ0n) is 10.7. The minimum atomic E-state index is -0.497. The highest BCUT2D eigenvalue weighted by molar-refractivity contribution is 5.91. The highest BCUT2D eigenvalue weighted by Gasteiger charge is 2.08. The zero-order chi connectivity index (χ0) is 14.4. The zero-order valence-corrected chi connectivity index (χ0v) is 10.7. The molecule has 1 aromatic carbocycles. The maximum absolute atomic E-state index is 11.2. The minimum Gasteiger partial charge on any atom is -0.491 e. The molecule has 1 amide bonds. The number of carbonyl (C=O) groups is 1. The van der Waals surface area contributed by atoms with E-state index in [4.69, 9.17) is 15.7 Å². The number of para-hydroxylation sites is 1. The van der Waals surface area contributed by atoms with E-state index in [0.717, 1.165) is 0 Å². The predicted octanol–water partition coefficient (Wildman–Crippen LogP) is -0.547. The van der Waals surface area contributed by atoms with Crippen molar-refractivity contribution in [1.29, 1.82) is 0 Å². The second-order valence-corrected chi connectivity index (χ2v) is 3.95. The molecule has 8 heteroatoms. The molecule has 4 N–H and O–H groups in total. The normalized spacial score (nSPS) is 10.3. The smallest absolute Gasteiger partial charge is 0.287 e. The fourth-order valence-corrected chi connectivity index (χ4v) is 1.61. The van der Waals surface area contributed by atoms with Gasteiger partial charge in [-0.05, 0) is 6.07 Å². The summed E-state index contributed by atoms with van der Waals surface area (Å²) in [6.45, 7) is 0.676. The summed E-state index contributed by atoms with van der Waals surface area (Å²) in [5, 5.41) is 16.6. The van der Waals surface area contributed by atoms with Crippen molar-refractivity contribution in [2.75, 3.05) is 6.61 Å². The summed E-state index contributed by atoms with van der Waals surface area (Å²) >= 11 is 0. The number of nitrogen functional groups attached to an aromatic ring is 1. The Hall–Kier alpha value is -2.45. The van der Waals surface area contributed by atoms with E-state index in [9.17, 15) is 4.79 Å². The Morgan fingerprint density at radius 1 is 1.45 bits per heavy atom. The Morgan fingerprint density at radius 3 is 3.00 bits per heavy atom. The van der Waals surface area contributed by atoms with Crippen LogP contribution in [-0.4, -0.2) is 32.6 Å². The van der Waals surface area contributed by atoms with E-state index in [2.05, 4.69) is 10.3 Å². The van der Waals surface area contributed by atoms with Gasteiger partial charge >= 0.3 is 0 Å². The van der Waals surface area contributed by atoms with Crippen LogP contribution in [-0.2, 0) is 13.2 Å². The highest BCUT2D eigenvalue weighted by Crippen LogP contribution is 2.17. The summed E-state index contributed by atoms with van der Waals surface area (Å²) in [7, 11) is 0. The van der Waals surface area contributed by atoms with Gasteiger partial charge in [0.05, 0.1) is 19.3 Å². The molecule has 0 aliphatic rings. The summed E-state index contributed by atoms with van der Waals surface area (Å²) in [6.07, 6.45) is 1.48. The van der Waals surface area contributed by atoms with Crippen LogP contribution in [0.5, 0.6) is 5.75 Å². The van der Waals surface area contributed by atoms with E-state index >= 15 is 0 Å². The molecule has 1 heterocycles. The number of nitrogens with two attached hydrogens (primary N) is 1. The van der Waals surface area contributed by atoms with Crippen LogP contribution in [0.2, 0.25) is 0 Å². The number of aliphatic hydroxyl groups excluding tert-OH is 1. The van der Waals surface area contributed by atoms with Gasteiger partial charge in [-0.3, -0.25) is 10.2 Å². The molecule has 0 fully saturated rings. The van der Waals surface area contributed by atoms with Crippen LogP contribution in [0.3, 0.4) is 0 Å². The maximum Gasteiger partial charge on any atom is 0.287 e. The quantitative estimate of drug-likeness (QED) is 0.371. The first-order valence-electron chi connectivity index (χ1n) is 5.97. The Bertz CT molecular complexity index is 584. The molecule has 0 bridgehead atoms. The van der Waals surface area contributed by atoms with Gasteiger partial charge in [0.1, 0.15) is 12.4 Å². The van der Waals surface area contributed by atoms with Crippen LogP contribution in [0.25, 0.3) is 0 Å². The average Bonchev–Trinajstić information content (AvgIpc) is 2.96. The molecule has 20 heavy (non-hydrogen) atoms. The second kappa shape index (κ2) is 6.64. The number of nitrogens with one attached hydrogen (secondary N) is 1. The largest absolute Gasteiger partial charge is 0.491 e. The molecule has 106 valence electrons. The number of nitrogens with zero attached hydrogens (tertiary/aromatic N) is 3. The van der Waals surface area contributed by atoms with Gasteiger partial charge < -0.3 is 9.84 Å². The van der Waals surface area contributed by atoms with Gasteiger partial charge in [0.25, 0.3) is 5.91 Å². The van der Waals surface area contributed by atoms with Crippen LogP contribution in [0.15, 0.2) is 30.5 Å². The third-order valence-corrected chi connectivity index (χ3v) is 2.62. The molecular weight excluding hydrogens is 262 g/mol. The van der Waals surface area contributed by atoms with Crippen LogP contribution in [0.4, 0.5) is 0 Å². The Kier molecular flexibility index (Phi) is 4.64. The highest BCUT2D eigenvalue weighted by atomic mass is 16.5. The SMILES string of the molecule is NNC(=O)c1cn(CCOc2ccccc2CO)nn1. The van der Waals surface area contributed by atoms with Crippen LogP contribution < -0.4 is 16.0 Å². The van der Waals surface area contributed by atoms with E-state index in [0.29, 0.717) is 24.5 Å². The van der Waals surface area contributed by atoms with Gasteiger partial charge in [-0.15, -0.1) is 5.10 Å². The first-order chi connectivity index (χ1) is 9.74. The molecule has 0 radical (unpaired) electrons. The number of amides is 1. The van der Waals surface area contributed by atoms with Crippen molar-refractivity contribution in [3.63, 3.8) is 0 Å². The number of aliphatic hydroxyl groups is 1. The lowest BCUT2D eigenvalue weighted by atomic mass is 10.2. The third kappa shape index (κ3) is 3.31. The Labute approximate surface area is 115 Å². The number of rotatable bonds is 6. The minimum absolute atomic E-state index is 0.0830. The molecule has 0 aliphatic carbocycles. The van der Waals surface area contributed by atoms with E-state index in [1.54, 1.807) is 12.1 Å². The molecule has 0 aliphatic heterocycles. The van der Waals surface area contributed by atoms with Crippen molar-refractivity contribution in [2.24, 2.45) is 5.84 Å². The van der Waals surface area contributed by atoms with Crippen LogP contribution in [0.1, 0.15) is 16.1 Å². The molecule has 0 saturated heterocycles. The standard InChI is InChI=1S/C12H15N5O3/c13-14-12(19)10-7-17(16-15-10)5-6-20-11-4-2-1-3-9(11)8-18/h1-4,7,18H,5-6,8,13H2,(H,14,19). The molecule has 1 aromatic heterocycles. The average molecular weight is 277 g/mol. The number of aromatic nitrogens is 3. The number of ether oxygens (including phenoxy) is 1. The van der Waals surface area contributed by atoms with Gasteiger partial charge in [-0.2, -0.15) is 0 Å². The topological polar surface area (TPSA) is 115 Å². The molecule has 8 nitrogen and oxygen atoms in total. The Morgan fingerprint density at radius 2 is 2.25 bits per heavy atom. The van der Waals surface area contributed by atoms with E-state index < -0.39 is 5.91 Å². The van der Waals surface area contributed by atoms with Crippen molar-refractivity contribution in [2.45, 2.75) is 13.2 Å². The molecule has 0 atom stereocenters. The lowest BCUT2D eigenvalue weighted by Crippen LogP contribution is -2.30. The number of benzene rings is 1. The van der Waals surface area contributed by atoms with Gasteiger partial charge in [0.15, 0.2) is 5.69 Å². The van der Waals surface area contributed by atoms with E-state index in [1.807, 2.05) is 17.6 Å². The predicted molar refractivity (Wildman–Crippen MR) is 69.5 cm³/mol. The summed E-state index contributed by atoms with van der Waals surface area (Å²) in [6, 6.07) is 7.22. The third-order valence-electron chi connectivity index (χ3n) is 2.62. The van der Waals surface area contributed by atoms with Gasteiger partial charge in [0.2, 0.25) is 0 Å². The molecule has 0 spiro atoms. The van der Waals surface area contributed by atoms with Crippen molar-refractivity contribution in [1.82, 2.24) is 20.4 Å². The van der Waals surface area contributed by atoms with Crippen LogP contribution >= 0.6 is 0 Å². The second-order valence-electron chi connectivity index (χ2n) is 3.95. The fourth-order valence-electron chi connectivity index (χ4n) is 1.61. The van der Waals surface area contributed by atoms with Crippen LogP contribution in [0, 0.1) is 0 Å². The summed E-state index contributed by atoms with van der Waals surface area (Å²) in [4.78, 5) is 11.2. The first kappa shape index (κ1) is 14.0. The number of hydrazine groups is 1. The van der Waals surface area contributed by atoms with Crippen molar-refractivity contribution in [3.05, 3.63) is 41.7 Å². The Balaban J connectivity index is 1.89. The number of hydrogen-bond donors (Lipinski definition) is 3. The summed E-state index contributed by atoms with van der Waals surface area (Å²) < 4.78 is 7.03. The van der Waals surface area contributed by atoms with Gasteiger partial charge in [-0.25, -0.2) is 10.5 Å². The van der Waals surface area contributed by atoms with Crippen molar-refractivity contribution < 1.29 is 14.6 Å².